The Morgan fingerprint density at radius 2 is 2.16 bits per heavy atom. The maximum absolute atomic E-state index is 12.3. The van der Waals surface area contributed by atoms with Crippen molar-refractivity contribution in [3.05, 3.63) is 35.4 Å². The third-order valence-corrected chi connectivity index (χ3v) is 4.48. The fraction of sp³-hybridized carbons (Fsp3) is 0.556. The summed E-state index contributed by atoms with van der Waals surface area (Å²) in [6.07, 6.45) is 0.825. The van der Waals surface area contributed by atoms with Crippen molar-refractivity contribution >= 4 is 12.0 Å². The van der Waals surface area contributed by atoms with E-state index in [-0.39, 0.29) is 19.1 Å². The van der Waals surface area contributed by atoms with Gasteiger partial charge in [-0.2, -0.15) is 0 Å². The quantitative estimate of drug-likeness (QED) is 0.777. The minimum absolute atomic E-state index is 0.135. The maximum Gasteiger partial charge on any atom is 0.317 e. The number of fused-ring (bicyclic) bond motifs is 1. The van der Waals surface area contributed by atoms with Crippen molar-refractivity contribution in [2.45, 2.75) is 18.9 Å². The normalized spacial score (nSPS) is 20.4. The molecule has 2 rings (SSSR count). The standard InChI is InChI=1S/C18H26N2O5/c1-13(16(21)22)10-20(2)17(23)19-11-18(12-24-3)15-7-5-4-6-14(15)8-9-25-18/h4-7,13H,8-12H2,1-3H3,(H,19,23)(H,21,22). The number of hydrogen-bond donors (Lipinski definition) is 2. The van der Waals surface area contributed by atoms with Crippen molar-refractivity contribution in [2.75, 3.05) is 40.5 Å². The van der Waals surface area contributed by atoms with Crippen LogP contribution >= 0.6 is 0 Å². The predicted molar refractivity (Wildman–Crippen MR) is 92.5 cm³/mol. The van der Waals surface area contributed by atoms with Crippen LogP contribution in [0.1, 0.15) is 18.1 Å². The first kappa shape index (κ1) is 19.2. The van der Waals surface area contributed by atoms with E-state index in [0.717, 1.165) is 12.0 Å². The van der Waals surface area contributed by atoms with Crippen LogP contribution in [0, 0.1) is 5.92 Å². The Morgan fingerprint density at radius 1 is 1.44 bits per heavy atom. The lowest BCUT2D eigenvalue weighted by Gasteiger charge is -2.39. The number of urea groups is 1. The highest BCUT2D eigenvalue weighted by Crippen LogP contribution is 2.33. The van der Waals surface area contributed by atoms with Crippen LogP contribution in [-0.2, 0) is 26.3 Å². The number of methoxy groups -OCH3 is 1. The second kappa shape index (κ2) is 8.31. The first-order valence-corrected chi connectivity index (χ1v) is 8.32. The number of benzene rings is 1. The van der Waals surface area contributed by atoms with Gasteiger partial charge >= 0.3 is 12.0 Å². The minimum Gasteiger partial charge on any atom is -0.481 e. The molecule has 2 atom stereocenters. The molecule has 2 unspecified atom stereocenters. The molecule has 2 N–H and O–H groups in total. The number of ether oxygens (including phenoxy) is 2. The molecular formula is C18H26N2O5. The summed E-state index contributed by atoms with van der Waals surface area (Å²) in [7, 11) is 3.18. The summed E-state index contributed by atoms with van der Waals surface area (Å²) in [4.78, 5) is 24.6. The van der Waals surface area contributed by atoms with E-state index in [1.165, 1.54) is 10.5 Å². The van der Waals surface area contributed by atoms with E-state index in [4.69, 9.17) is 14.6 Å². The van der Waals surface area contributed by atoms with E-state index < -0.39 is 17.5 Å². The third-order valence-electron chi connectivity index (χ3n) is 4.48. The molecule has 138 valence electrons. The van der Waals surface area contributed by atoms with Crippen LogP contribution in [0.5, 0.6) is 0 Å². The molecule has 0 saturated heterocycles. The molecule has 7 heteroatoms. The Labute approximate surface area is 147 Å². The lowest BCUT2D eigenvalue weighted by atomic mass is 9.86. The fourth-order valence-electron chi connectivity index (χ4n) is 3.09. The van der Waals surface area contributed by atoms with Gasteiger partial charge in [-0.15, -0.1) is 0 Å². The number of amides is 2. The van der Waals surface area contributed by atoms with Crippen molar-refractivity contribution in [2.24, 2.45) is 5.92 Å². The first-order chi connectivity index (χ1) is 11.9. The number of rotatable bonds is 7. The van der Waals surface area contributed by atoms with Gasteiger partial charge < -0.3 is 24.8 Å². The van der Waals surface area contributed by atoms with Gasteiger partial charge in [-0.3, -0.25) is 4.79 Å². The lowest BCUT2D eigenvalue weighted by molar-refractivity contribution is -0.141. The van der Waals surface area contributed by atoms with Gasteiger partial charge in [-0.05, 0) is 17.5 Å². The number of hydrogen-bond acceptors (Lipinski definition) is 4. The summed E-state index contributed by atoms with van der Waals surface area (Å²) in [5.74, 6) is -1.56. The smallest absolute Gasteiger partial charge is 0.317 e. The Bertz CT molecular complexity index is 621. The third kappa shape index (κ3) is 4.49. The van der Waals surface area contributed by atoms with E-state index in [0.29, 0.717) is 13.2 Å². The fourth-order valence-corrected chi connectivity index (χ4v) is 3.09. The van der Waals surface area contributed by atoms with E-state index in [1.54, 1.807) is 21.1 Å². The molecule has 1 aliphatic heterocycles. The molecule has 1 aromatic rings. The summed E-state index contributed by atoms with van der Waals surface area (Å²) in [5, 5.41) is 11.8. The molecule has 1 aliphatic rings. The molecule has 0 spiro atoms. The van der Waals surface area contributed by atoms with Gasteiger partial charge in [0, 0.05) is 20.7 Å². The van der Waals surface area contributed by atoms with Crippen molar-refractivity contribution in [3.8, 4) is 0 Å². The van der Waals surface area contributed by atoms with Gasteiger partial charge in [0.1, 0.15) is 5.60 Å². The van der Waals surface area contributed by atoms with Crippen LogP contribution in [0.2, 0.25) is 0 Å². The van der Waals surface area contributed by atoms with Gasteiger partial charge in [-0.1, -0.05) is 31.2 Å². The second-order valence-corrected chi connectivity index (χ2v) is 6.46. The van der Waals surface area contributed by atoms with Crippen LogP contribution in [-0.4, -0.2) is 62.5 Å². The number of nitrogens with zero attached hydrogens (tertiary/aromatic N) is 1. The highest BCUT2D eigenvalue weighted by atomic mass is 16.5. The first-order valence-electron chi connectivity index (χ1n) is 8.32. The van der Waals surface area contributed by atoms with Gasteiger partial charge in [0.05, 0.1) is 25.7 Å². The van der Waals surface area contributed by atoms with Crippen molar-refractivity contribution in [1.29, 1.82) is 0 Å². The summed E-state index contributed by atoms with van der Waals surface area (Å²) >= 11 is 0. The Kier molecular flexibility index (Phi) is 6.39. The molecule has 0 aromatic heterocycles. The molecule has 2 amide bonds. The zero-order valence-electron chi connectivity index (χ0n) is 14.9. The Balaban J connectivity index is 2.08. The lowest BCUT2D eigenvalue weighted by Crippen LogP contribution is -2.51. The molecule has 0 saturated carbocycles. The van der Waals surface area contributed by atoms with Crippen LogP contribution in [0.15, 0.2) is 24.3 Å². The molecule has 0 radical (unpaired) electrons. The number of carboxylic acid groups (broad SMARTS) is 1. The number of carboxylic acids is 1. The zero-order chi connectivity index (χ0) is 18.4. The SMILES string of the molecule is COCC1(CNC(=O)N(C)CC(C)C(=O)O)OCCc2ccccc21. The molecule has 1 heterocycles. The minimum atomic E-state index is -0.931. The Hall–Kier alpha value is -2.12. The van der Waals surface area contributed by atoms with Crippen molar-refractivity contribution in [3.63, 3.8) is 0 Å². The van der Waals surface area contributed by atoms with Gasteiger partial charge in [-0.25, -0.2) is 4.79 Å². The predicted octanol–water partition coefficient (Wildman–Crippen LogP) is 1.46. The average molecular weight is 350 g/mol. The van der Waals surface area contributed by atoms with Crippen molar-refractivity contribution in [1.82, 2.24) is 10.2 Å². The number of aliphatic carboxylic acids is 1. The van der Waals surface area contributed by atoms with Crippen LogP contribution in [0.25, 0.3) is 0 Å². The monoisotopic (exact) mass is 350 g/mol. The summed E-state index contributed by atoms with van der Waals surface area (Å²) in [6.45, 7) is 2.83. The topological polar surface area (TPSA) is 88.1 Å². The van der Waals surface area contributed by atoms with Crippen molar-refractivity contribution < 1.29 is 24.2 Å². The number of carbonyl (C=O) groups excluding carboxylic acids is 1. The summed E-state index contributed by atoms with van der Waals surface area (Å²) in [6, 6.07) is 7.65. The largest absolute Gasteiger partial charge is 0.481 e. The van der Waals surface area contributed by atoms with Gasteiger partial charge in [0.15, 0.2) is 0 Å². The van der Waals surface area contributed by atoms with Crippen LogP contribution in [0.4, 0.5) is 4.79 Å². The Morgan fingerprint density at radius 3 is 2.84 bits per heavy atom. The van der Waals surface area contributed by atoms with E-state index in [1.807, 2.05) is 18.2 Å². The van der Waals surface area contributed by atoms with E-state index >= 15 is 0 Å². The highest BCUT2D eigenvalue weighted by molar-refractivity contribution is 5.75. The summed E-state index contributed by atoms with van der Waals surface area (Å²) < 4.78 is 11.4. The van der Waals surface area contributed by atoms with E-state index in [9.17, 15) is 9.59 Å². The number of carbonyl (C=O) groups is 2. The zero-order valence-corrected chi connectivity index (χ0v) is 14.9. The maximum atomic E-state index is 12.3. The molecule has 0 fully saturated rings. The molecule has 25 heavy (non-hydrogen) atoms. The molecule has 0 bridgehead atoms. The molecule has 7 nitrogen and oxygen atoms in total. The van der Waals surface area contributed by atoms with Gasteiger partial charge in [0.2, 0.25) is 0 Å². The van der Waals surface area contributed by atoms with Crippen LogP contribution in [0.3, 0.4) is 0 Å². The highest BCUT2D eigenvalue weighted by Gasteiger charge is 2.38. The molecular weight excluding hydrogens is 324 g/mol. The second-order valence-electron chi connectivity index (χ2n) is 6.46. The molecule has 1 aromatic carbocycles. The molecule has 0 aliphatic carbocycles. The van der Waals surface area contributed by atoms with E-state index in [2.05, 4.69) is 11.4 Å². The van der Waals surface area contributed by atoms with Crippen LogP contribution < -0.4 is 5.32 Å². The summed E-state index contributed by atoms with van der Waals surface area (Å²) in [5.41, 5.74) is 1.47. The average Bonchev–Trinajstić information content (AvgIpc) is 2.60. The number of nitrogens with one attached hydrogen (secondary N) is 1. The van der Waals surface area contributed by atoms with Gasteiger partial charge in [0.25, 0.3) is 0 Å².